The lowest BCUT2D eigenvalue weighted by Gasteiger charge is -2.18. The molecule has 0 saturated heterocycles. The van der Waals surface area contributed by atoms with E-state index in [-0.39, 0.29) is 34.7 Å². The number of hydrogen-bond donors (Lipinski definition) is 2. The molecule has 0 aliphatic rings. The number of aromatic hydroxyl groups is 1. The molecule has 4 aromatic rings. The van der Waals surface area contributed by atoms with Gasteiger partial charge < -0.3 is 20.3 Å². The average Bonchev–Trinajstić information content (AvgIpc) is 2.83. The number of nitrogen functional groups attached to an aromatic ring is 1. The van der Waals surface area contributed by atoms with Gasteiger partial charge in [-0.1, -0.05) is 30.3 Å². The molecule has 10 heteroatoms. The number of hydrogen-bond acceptors (Lipinski definition) is 6. The molecule has 1 heterocycles. The normalized spacial score (nSPS) is 11.3. The van der Waals surface area contributed by atoms with E-state index in [4.69, 9.17) is 15.2 Å². The van der Waals surface area contributed by atoms with E-state index in [1.54, 1.807) is 18.2 Å². The lowest BCUT2D eigenvalue weighted by molar-refractivity contribution is -0.140. The van der Waals surface area contributed by atoms with Crippen molar-refractivity contribution in [1.29, 1.82) is 0 Å². The van der Waals surface area contributed by atoms with Crippen LogP contribution >= 0.6 is 0 Å². The number of alkyl halides is 3. The summed E-state index contributed by atoms with van der Waals surface area (Å²) in [4.78, 5) is 7.45. The minimum absolute atomic E-state index is 0.0198. The monoisotopic (exact) mass is 485 g/mol. The molecular formula is C25H19F4N3O3. The first-order chi connectivity index (χ1) is 16.7. The second kappa shape index (κ2) is 9.49. The van der Waals surface area contributed by atoms with Crippen molar-refractivity contribution in [3.8, 4) is 39.6 Å². The van der Waals surface area contributed by atoms with E-state index in [1.807, 2.05) is 0 Å². The van der Waals surface area contributed by atoms with Crippen LogP contribution in [0.4, 0.5) is 23.5 Å². The number of anilines is 1. The minimum atomic E-state index is -4.85. The first-order valence-electron chi connectivity index (χ1n) is 10.3. The van der Waals surface area contributed by atoms with Crippen LogP contribution in [0, 0.1) is 5.82 Å². The van der Waals surface area contributed by atoms with E-state index < -0.39 is 29.4 Å². The van der Waals surface area contributed by atoms with Crippen molar-refractivity contribution in [2.24, 2.45) is 0 Å². The fourth-order valence-electron chi connectivity index (χ4n) is 3.49. The summed E-state index contributed by atoms with van der Waals surface area (Å²) in [7, 11) is 1.43. The molecule has 0 saturated carbocycles. The molecule has 0 fully saturated rings. The van der Waals surface area contributed by atoms with E-state index in [0.717, 1.165) is 0 Å². The Hall–Kier alpha value is -4.34. The Balaban J connectivity index is 1.78. The number of aromatic nitrogens is 2. The summed E-state index contributed by atoms with van der Waals surface area (Å²) in [6.45, 7) is -0.110. The highest BCUT2D eigenvalue weighted by Gasteiger charge is 2.38. The fourth-order valence-corrected chi connectivity index (χ4v) is 3.49. The highest BCUT2D eigenvalue weighted by Crippen LogP contribution is 2.44. The van der Waals surface area contributed by atoms with Gasteiger partial charge in [-0.2, -0.15) is 13.2 Å². The Morgan fingerprint density at radius 1 is 0.943 bits per heavy atom. The Bertz CT molecular complexity index is 1360. The first kappa shape index (κ1) is 23.8. The molecule has 0 atom stereocenters. The van der Waals surface area contributed by atoms with Crippen LogP contribution in [0.15, 0.2) is 66.7 Å². The van der Waals surface area contributed by atoms with E-state index >= 15 is 0 Å². The van der Waals surface area contributed by atoms with Gasteiger partial charge in [0.15, 0.2) is 5.69 Å². The van der Waals surface area contributed by atoms with Gasteiger partial charge >= 0.3 is 6.18 Å². The van der Waals surface area contributed by atoms with Crippen molar-refractivity contribution in [2.45, 2.75) is 12.8 Å². The van der Waals surface area contributed by atoms with Gasteiger partial charge in [0.2, 0.25) is 5.95 Å². The zero-order valence-electron chi connectivity index (χ0n) is 18.3. The van der Waals surface area contributed by atoms with E-state index in [2.05, 4.69) is 9.97 Å². The van der Waals surface area contributed by atoms with Crippen LogP contribution in [0.25, 0.3) is 22.4 Å². The molecule has 0 bridgehead atoms. The van der Waals surface area contributed by atoms with Crippen molar-refractivity contribution in [3.63, 3.8) is 0 Å². The molecule has 4 rings (SSSR count). The standard InChI is InChI=1S/C25H19F4N3O3/c1-34-16-8-6-14(7-9-16)21-22(31-24(30)32-23(21)25(27,28)29)18-11-10-17(12-20(18)33)35-13-15-4-2-3-5-19(15)26/h2-12,33H,13H2,1H3,(H2,30,31,32). The van der Waals surface area contributed by atoms with Crippen molar-refractivity contribution < 1.29 is 32.1 Å². The predicted molar refractivity (Wildman–Crippen MR) is 121 cm³/mol. The fraction of sp³-hybridized carbons (Fsp3) is 0.120. The molecule has 35 heavy (non-hydrogen) atoms. The van der Waals surface area contributed by atoms with Crippen molar-refractivity contribution in [2.75, 3.05) is 12.8 Å². The van der Waals surface area contributed by atoms with Crippen molar-refractivity contribution in [3.05, 3.63) is 83.8 Å². The van der Waals surface area contributed by atoms with E-state index in [0.29, 0.717) is 11.3 Å². The third-order valence-electron chi connectivity index (χ3n) is 5.15. The summed E-state index contributed by atoms with van der Waals surface area (Å²) >= 11 is 0. The molecule has 0 aliphatic carbocycles. The second-order valence-electron chi connectivity index (χ2n) is 7.44. The summed E-state index contributed by atoms with van der Waals surface area (Å²) in [5.74, 6) is -0.840. The lowest BCUT2D eigenvalue weighted by atomic mass is 9.96. The van der Waals surface area contributed by atoms with Gasteiger partial charge in [-0.15, -0.1) is 0 Å². The van der Waals surface area contributed by atoms with Crippen molar-refractivity contribution >= 4 is 5.95 Å². The second-order valence-corrected chi connectivity index (χ2v) is 7.44. The lowest BCUT2D eigenvalue weighted by Crippen LogP contribution is -2.14. The number of benzene rings is 3. The number of nitrogens with zero attached hydrogens (tertiary/aromatic N) is 2. The number of rotatable bonds is 6. The topological polar surface area (TPSA) is 90.5 Å². The van der Waals surface area contributed by atoms with Crippen LogP contribution in [0.2, 0.25) is 0 Å². The largest absolute Gasteiger partial charge is 0.507 e. The number of phenolic OH excluding ortho intramolecular Hbond substituents is 1. The maximum Gasteiger partial charge on any atom is 0.434 e. The van der Waals surface area contributed by atoms with Crippen LogP contribution in [-0.4, -0.2) is 22.2 Å². The Labute approximate surface area is 197 Å². The van der Waals surface area contributed by atoms with Gasteiger partial charge in [-0.25, -0.2) is 14.4 Å². The predicted octanol–water partition coefficient (Wildman–Crippen LogP) is 5.84. The van der Waals surface area contributed by atoms with Gasteiger partial charge in [0.25, 0.3) is 0 Å². The molecule has 3 N–H and O–H groups in total. The first-order valence-corrected chi connectivity index (χ1v) is 10.3. The highest BCUT2D eigenvalue weighted by atomic mass is 19.4. The third-order valence-corrected chi connectivity index (χ3v) is 5.15. The molecule has 0 unspecified atom stereocenters. The van der Waals surface area contributed by atoms with Crippen molar-refractivity contribution in [1.82, 2.24) is 9.97 Å². The summed E-state index contributed by atoms with van der Waals surface area (Å²) in [6, 6.07) is 15.9. The molecule has 180 valence electrons. The Morgan fingerprint density at radius 3 is 2.26 bits per heavy atom. The Kier molecular flexibility index (Phi) is 6.46. The van der Waals surface area contributed by atoms with E-state index in [9.17, 15) is 22.7 Å². The van der Waals surface area contributed by atoms with Crippen LogP contribution < -0.4 is 15.2 Å². The van der Waals surface area contributed by atoms with Crippen LogP contribution in [-0.2, 0) is 12.8 Å². The Morgan fingerprint density at radius 2 is 1.63 bits per heavy atom. The maximum absolute atomic E-state index is 13.9. The van der Waals surface area contributed by atoms with Gasteiger partial charge in [0.1, 0.15) is 29.7 Å². The highest BCUT2D eigenvalue weighted by molar-refractivity contribution is 5.86. The smallest absolute Gasteiger partial charge is 0.434 e. The summed E-state index contributed by atoms with van der Waals surface area (Å²) in [5.41, 5.74) is 4.22. The number of nitrogens with two attached hydrogens (primary N) is 1. The molecule has 0 aliphatic heterocycles. The molecule has 0 spiro atoms. The molecule has 0 radical (unpaired) electrons. The number of methoxy groups -OCH3 is 1. The molecule has 3 aromatic carbocycles. The molecular weight excluding hydrogens is 466 g/mol. The zero-order chi connectivity index (χ0) is 25.2. The maximum atomic E-state index is 13.9. The van der Waals surface area contributed by atoms with Crippen LogP contribution in [0.5, 0.6) is 17.2 Å². The van der Waals surface area contributed by atoms with Gasteiger partial charge in [-0.3, -0.25) is 0 Å². The summed E-state index contributed by atoms with van der Waals surface area (Å²) < 4.78 is 66.2. The number of ether oxygens (including phenoxy) is 2. The van der Waals surface area contributed by atoms with Gasteiger partial charge in [-0.05, 0) is 35.9 Å². The quantitative estimate of drug-likeness (QED) is 0.333. The minimum Gasteiger partial charge on any atom is -0.507 e. The van der Waals surface area contributed by atoms with Crippen LogP contribution in [0.1, 0.15) is 11.3 Å². The van der Waals surface area contributed by atoms with Gasteiger partial charge in [0, 0.05) is 22.8 Å². The van der Waals surface area contributed by atoms with Gasteiger partial charge in [0.05, 0.1) is 12.8 Å². The SMILES string of the molecule is COc1ccc(-c2c(-c3ccc(OCc4ccccc4F)cc3O)nc(N)nc2C(F)(F)F)cc1. The third kappa shape index (κ3) is 5.11. The number of halogens is 4. The molecule has 1 aromatic heterocycles. The molecule has 6 nitrogen and oxygen atoms in total. The van der Waals surface area contributed by atoms with Crippen LogP contribution in [0.3, 0.4) is 0 Å². The average molecular weight is 485 g/mol. The summed E-state index contributed by atoms with van der Waals surface area (Å²) in [5, 5.41) is 10.7. The summed E-state index contributed by atoms with van der Waals surface area (Å²) in [6.07, 6.45) is -4.85. The number of phenols is 1. The zero-order valence-corrected chi connectivity index (χ0v) is 18.3. The van der Waals surface area contributed by atoms with E-state index in [1.165, 1.54) is 55.6 Å². The molecule has 0 amide bonds.